The minimum absolute atomic E-state index is 0.0335. The number of hydrogen-bond donors (Lipinski definition) is 1. The molecule has 2 amide bonds. The molecular formula is C19H23N3O2. The Labute approximate surface area is 142 Å². The van der Waals surface area contributed by atoms with Crippen molar-refractivity contribution in [1.82, 2.24) is 15.2 Å². The molecular weight excluding hydrogens is 302 g/mol. The van der Waals surface area contributed by atoms with E-state index in [9.17, 15) is 4.79 Å². The van der Waals surface area contributed by atoms with E-state index in [-0.39, 0.29) is 18.1 Å². The molecule has 5 heteroatoms. The van der Waals surface area contributed by atoms with Crippen LogP contribution in [0.25, 0.3) is 0 Å². The number of carbonyl (C=O) groups is 1. The summed E-state index contributed by atoms with van der Waals surface area (Å²) in [6, 6.07) is 9.81. The first-order chi connectivity index (χ1) is 11.6. The second-order valence-corrected chi connectivity index (χ2v) is 6.14. The summed E-state index contributed by atoms with van der Waals surface area (Å²) in [4.78, 5) is 18.5. The van der Waals surface area contributed by atoms with Crippen LogP contribution in [-0.4, -0.2) is 30.1 Å². The number of nitrogens with one attached hydrogen (secondary N) is 1. The fourth-order valence-corrected chi connectivity index (χ4v) is 3.24. The molecule has 1 heterocycles. The average molecular weight is 325 g/mol. The van der Waals surface area contributed by atoms with Crippen LogP contribution < -0.4 is 10.1 Å². The first-order valence-electron chi connectivity index (χ1n) is 8.21. The van der Waals surface area contributed by atoms with Crippen LogP contribution >= 0.6 is 0 Å². The smallest absolute Gasteiger partial charge is 0.318 e. The molecule has 0 radical (unpaired) electrons. The van der Waals surface area contributed by atoms with E-state index in [0.29, 0.717) is 0 Å². The Morgan fingerprint density at radius 1 is 1.38 bits per heavy atom. The Hall–Kier alpha value is -2.56. The van der Waals surface area contributed by atoms with Gasteiger partial charge in [-0.25, -0.2) is 4.79 Å². The Morgan fingerprint density at radius 3 is 2.92 bits per heavy atom. The van der Waals surface area contributed by atoms with Crippen molar-refractivity contribution in [2.75, 3.05) is 14.2 Å². The number of benzene rings is 1. The predicted molar refractivity (Wildman–Crippen MR) is 93.0 cm³/mol. The zero-order chi connectivity index (χ0) is 17.1. The maximum atomic E-state index is 12.6. The van der Waals surface area contributed by atoms with Gasteiger partial charge in [-0.2, -0.15) is 0 Å². The van der Waals surface area contributed by atoms with Gasteiger partial charge < -0.3 is 15.0 Å². The third-order valence-electron chi connectivity index (χ3n) is 4.81. The van der Waals surface area contributed by atoms with Gasteiger partial charge in [-0.05, 0) is 48.6 Å². The Bertz CT molecular complexity index is 718. The molecule has 0 saturated heterocycles. The lowest BCUT2D eigenvalue weighted by Crippen LogP contribution is -2.40. The molecule has 0 saturated carbocycles. The van der Waals surface area contributed by atoms with Gasteiger partial charge in [0.1, 0.15) is 5.75 Å². The van der Waals surface area contributed by atoms with E-state index in [0.717, 1.165) is 29.7 Å². The van der Waals surface area contributed by atoms with Crippen molar-refractivity contribution >= 4 is 6.03 Å². The summed E-state index contributed by atoms with van der Waals surface area (Å²) in [6.07, 6.45) is 5.35. The van der Waals surface area contributed by atoms with Crippen LogP contribution in [0.2, 0.25) is 0 Å². The average Bonchev–Trinajstić information content (AvgIpc) is 3.04. The lowest BCUT2D eigenvalue weighted by atomic mass is 10.1. The number of carbonyl (C=O) groups excluding carboxylic acids is 1. The van der Waals surface area contributed by atoms with Gasteiger partial charge in [-0.3, -0.25) is 4.98 Å². The molecule has 1 aromatic carbocycles. The molecule has 2 atom stereocenters. The Morgan fingerprint density at radius 2 is 2.21 bits per heavy atom. The van der Waals surface area contributed by atoms with Crippen LogP contribution in [0.1, 0.15) is 42.1 Å². The molecule has 0 fully saturated rings. The predicted octanol–water partition coefficient (Wildman–Crippen LogP) is 3.48. The van der Waals surface area contributed by atoms with Crippen molar-refractivity contribution in [2.24, 2.45) is 0 Å². The Kier molecular flexibility index (Phi) is 4.69. The van der Waals surface area contributed by atoms with Gasteiger partial charge in [0.2, 0.25) is 0 Å². The Balaban J connectivity index is 1.71. The minimum atomic E-state index is -0.0768. The number of ether oxygens (including phenoxy) is 1. The van der Waals surface area contributed by atoms with Crippen LogP contribution in [0.15, 0.2) is 42.7 Å². The molecule has 1 aromatic heterocycles. The van der Waals surface area contributed by atoms with E-state index in [1.807, 2.05) is 38.2 Å². The highest BCUT2D eigenvalue weighted by atomic mass is 16.5. The molecule has 2 unspecified atom stereocenters. The van der Waals surface area contributed by atoms with Crippen molar-refractivity contribution in [1.29, 1.82) is 0 Å². The van der Waals surface area contributed by atoms with Gasteiger partial charge in [0, 0.05) is 19.4 Å². The van der Waals surface area contributed by atoms with E-state index in [1.165, 1.54) is 5.56 Å². The highest BCUT2D eigenvalue weighted by Gasteiger charge is 2.28. The number of aromatic nitrogens is 1. The summed E-state index contributed by atoms with van der Waals surface area (Å²) in [7, 11) is 3.50. The molecule has 24 heavy (non-hydrogen) atoms. The van der Waals surface area contributed by atoms with Crippen molar-refractivity contribution < 1.29 is 9.53 Å². The summed E-state index contributed by atoms with van der Waals surface area (Å²) in [6.45, 7) is 2.00. The number of fused-ring (bicyclic) bond motifs is 1. The minimum Gasteiger partial charge on any atom is -0.496 e. The molecule has 2 aromatic rings. The monoisotopic (exact) mass is 325 g/mol. The summed E-state index contributed by atoms with van der Waals surface area (Å²) < 4.78 is 5.42. The summed E-state index contributed by atoms with van der Waals surface area (Å²) in [5.74, 6) is 0.904. The molecule has 0 aliphatic heterocycles. The molecule has 126 valence electrons. The first kappa shape index (κ1) is 16.3. The summed E-state index contributed by atoms with van der Waals surface area (Å²) in [5, 5.41) is 3.15. The molecule has 1 aliphatic carbocycles. The van der Waals surface area contributed by atoms with E-state index in [4.69, 9.17) is 4.74 Å². The van der Waals surface area contributed by atoms with Crippen molar-refractivity contribution in [3.63, 3.8) is 0 Å². The molecule has 0 bridgehead atoms. The highest BCUT2D eigenvalue weighted by molar-refractivity contribution is 5.75. The van der Waals surface area contributed by atoms with Gasteiger partial charge in [0.05, 0.1) is 19.2 Å². The number of methoxy groups -OCH3 is 1. The zero-order valence-electron chi connectivity index (χ0n) is 14.3. The summed E-state index contributed by atoms with van der Waals surface area (Å²) >= 11 is 0. The van der Waals surface area contributed by atoms with E-state index < -0.39 is 0 Å². The second-order valence-electron chi connectivity index (χ2n) is 6.14. The van der Waals surface area contributed by atoms with Gasteiger partial charge in [0.25, 0.3) is 0 Å². The third kappa shape index (κ3) is 3.07. The van der Waals surface area contributed by atoms with Crippen molar-refractivity contribution in [3.05, 3.63) is 59.4 Å². The van der Waals surface area contributed by atoms with Crippen LogP contribution in [0.3, 0.4) is 0 Å². The first-order valence-corrected chi connectivity index (χ1v) is 8.21. The summed E-state index contributed by atoms with van der Waals surface area (Å²) in [5.41, 5.74) is 3.38. The van der Waals surface area contributed by atoms with Gasteiger partial charge in [-0.15, -0.1) is 0 Å². The number of pyridine rings is 1. The van der Waals surface area contributed by atoms with Gasteiger partial charge >= 0.3 is 6.03 Å². The lowest BCUT2D eigenvalue weighted by molar-refractivity contribution is 0.190. The number of nitrogens with zero attached hydrogens (tertiary/aromatic N) is 2. The molecule has 0 spiro atoms. The number of rotatable bonds is 4. The number of hydrogen-bond acceptors (Lipinski definition) is 3. The fourth-order valence-electron chi connectivity index (χ4n) is 3.24. The molecule has 1 N–H and O–H groups in total. The van der Waals surface area contributed by atoms with Crippen LogP contribution in [0.4, 0.5) is 4.79 Å². The van der Waals surface area contributed by atoms with Crippen molar-refractivity contribution in [3.8, 4) is 5.75 Å². The lowest BCUT2D eigenvalue weighted by Gasteiger charge is -2.27. The largest absolute Gasteiger partial charge is 0.496 e. The normalized spacial score (nSPS) is 17.0. The van der Waals surface area contributed by atoms with Crippen LogP contribution in [0.5, 0.6) is 5.75 Å². The van der Waals surface area contributed by atoms with Crippen LogP contribution in [0, 0.1) is 0 Å². The van der Waals surface area contributed by atoms with E-state index >= 15 is 0 Å². The van der Waals surface area contributed by atoms with Gasteiger partial charge in [0.15, 0.2) is 0 Å². The number of urea groups is 1. The number of amides is 2. The molecule has 5 nitrogen and oxygen atoms in total. The van der Waals surface area contributed by atoms with Crippen molar-refractivity contribution in [2.45, 2.75) is 31.8 Å². The van der Waals surface area contributed by atoms with Gasteiger partial charge in [-0.1, -0.05) is 18.2 Å². The fraction of sp³-hybridized carbons (Fsp3) is 0.368. The second kappa shape index (κ2) is 6.91. The standard InChI is InChI=1S/C19H23N3O2/c1-13(14-6-5-11-20-12-14)22(2)19(23)21-17-10-9-16-15(17)7-4-8-18(16)24-3/h4-8,11-13,17H,9-10H2,1-3H3,(H,21,23). The quantitative estimate of drug-likeness (QED) is 0.936. The van der Waals surface area contributed by atoms with E-state index in [2.05, 4.69) is 16.4 Å². The topological polar surface area (TPSA) is 54.5 Å². The zero-order valence-corrected chi connectivity index (χ0v) is 14.3. The molecule has 1 aliphatic rings. The maximum absolute atomic E-state index is 12.6. The van der Waals surface area contributed by atoms with Crippen LogP contribution in [-0.2, 0) is 6.42 Å². The SMILES string of the molecule is COc1cccc2c1CCC2NC(=O)N(C)C(C)c1cccnc1. The molecule has 3 rings (SSSR count). The maximum Gasteiger partial charge on any atom is 0.318 e. The third-order valence-corrected chi connectivity index (χ3v) is 4.81. The highest BCUT2D eigenvalue weighted by Crippen LogP contribution is 2.37. The van der Waals surface area contributed by atoms with E-state index in [1.54, 1.807) is 24.4 Å².